The van der Waals surface area contributed by atoms with E-state index in [1.165, 1.54) is 0 Å². The standard InChI is InChI=1S/C18H19N2O.ClHO4/c1-19-16(14-10-6-4-7-11-14)18(21-3)17(20(19)2)15-12-8-5-9-13-15;2-1(3,4)5/h4-13H,1-3H3;(H,2,3,4,5)/q+1;/p-1. The molecule has 0 aliphatic heterocycles. The normalized spacial score (nSPS) is 10.9. The highest BCUT2D eigenvalue weighted by Gasteiger charge is 2.29. The lowest BCUT2D eigenvalue weighted by Crippen LogP contribution is -2.68. The summed E-state index contributed by atoms with van der Waals surface area (Å²) in [6.45, 7) is 0. The van der Waals surface area contributed by atoms with E-state index in [-0.39, 0.29) is 0 Å². The molecule has 0 amide bonds. The van der Waals surface area contributed by atoms with Gasteiger partial charge in [0.2, 0.25) is 5.75 Å². The highest BCUT2D eigenvalue weighted by atomic mass is 35.7. The number of hydrogen-bond acceptors (Lipinski definition) is 5. The number of nitrogens with zero attached hydrogens (tertiary/aromatic N) is 2. The largest absolute Gasteiger partial charge is 0.489 e. The Hall–Kier alpha value is -2.42. The monoisotopic (exact) mass is 378 g/mol. The van der Waals surface area contributed by atoms with E-state index >= 15 is 0 Å². The third kappa shape index (κ3) is 4.81. The van der Waals surface area contributed by atoms with E-state index in [4.69, 9.17) is 23.4 Å². The summed E-state index contributed by atoms with van der Waals surface area (Å²) in [5, 5.41) is 0. The minimum absolute atomic E-state index is 0.900. The first-order valence-electron chi connectivity index (χ1n) is 7.59. The van der Waals surface area contributed by atoms with Crippen LogP contribution in [0.3, 0.4) is 0 Å². The van der Waals surface area contributed by atoms with Crippen LogP contribution in [0.1, 0.15) is 0 Å². The first-order valence-corrected chi connectivity index (χ1v) is 8.83. The molecule has 26 heavy (non-hydrogen) atoms. The predicted octanol–water partition coefficient (Wildman–Crippen LogP) is -1.56. The van der Waals surface area contributed by atoms with Crippen molar-refractivity contribution < 1.29 is 38.3 Å². The Morgan fingerprint density at radius 2 is 1.27 bits per heavy atom. The fraction of sp³-hybridized carbons (Fsp3) is 0.167. The predicted molar refractivity (Wildman–Crippen MR) is 84.0 cm³/mol. The topological polar surface area (TPSA) is 110 Å². The summed E-state index contributed by atoms with van der Waals surface area (Å²) in [5.74, 6) is 0.900. The van der Waals surface area contributed by atoms with Crippen molar-refractivity contribution in [3.05, 3.63) is 60.7 Å². The Labute approximate surface area is 153 Å². The highest BCUT2D eigenvalue weighted by Crippen LogP contribution is 2.36. The zero-order valence-corrected chi connectivity index (χ0v) is 15.3. The molecule has 0 spiro atoms. The molecule has 1 heterocycles. The minimum Gasteiger partial charge on any atom is -0.489 e. The maximum atomic E-state index is 8.49. The SMILES string of the molecule is COc1c(-c2ccccc2)n(C)[n+](C)c1-c1ccccc1.[O-][Cl+3]([O-])([O-])[O-]. The first-order chi connectivity index (χ1) is 12.2. The Morgan fingerprint density at radius 3 is 1.69 bits per heavy atom. The fourth-order valence-corrected chi connectivity index (χ4v) is 2.73. The van der Waals surface area contributed by atoms with Crippen LogP contribution in [0.5, 0.6) is 5.75 Å². The van der Waals surface area contributed by atoms with Crippen molar-refractivity contribution in [1.29, 1.82) is 0 Å². The van der Waals surface area contributed by atoms with Gasteiger partial charge in [-0.1, -0.05) is 48.5 Å². The Morgan fingerprint density at radius 1 is 0.846 bits per heavy atom. The lowest BCUT2D eigenvalue weighted by molar-refractivity contribution is -2.00. The number of ether oxygens (including phenoxy) is 1. The summed E-state index contributed by atoms with van der Waals surface area (Å²) in [7, 11) is 0.892. The molecule has 0 N–H and O–H groups in total. The van der Waals surface area contributed by atoms with E-state index in [9.17, 15) is 0 Å². The molecule has 3 rings (SSSR count). The van der Waals surface area contributed by atoms with Gasteiger partial charge in [0, 0.05) is 5.56 Å². The van der Waals surface area contributed by atoms with Gasteiger partial charge in [-0.15, -0.1) is 14.9 Å². The lowest BCUT2D eigenvalue weighted by atomic mass is 10.1. The van der Waals surface area contributed by atoms with Gasteiger partial charge in [0.15, 0.2) is 12.7 Å². The van der Waals surface area contributed by atoms with Gasteiger partial charge in [-0.25, -0.2) is 18.6 Å². The van der Waals surface area contributed by atoms with E-state index in [1.807, 2.05) is 36.4 Å². The summed E-state index contributed by atoms with van der Waals surface area (Å²) in [5.41, 5.74) is 4.46. The molecule has 0 aliphatic carbocycles. The molecule has 3 aromatic rings. The summed E-state index contributed by atoms with van der Waals surface area (Å²) in [4.78, 5) is 0. The molecule has 0 radical (unpaired) electrons. The average molecular weight is 379 g/mol. The van der Waals surface area contributed by atoms with Crippen molar-refractivity contribution in [3.8, 4) is 28.3 Å². The van der Waals surface area contributed by atoms with Crippen molar-refractivity contribution in [2.24, 2.45) is 14.1 Å². The van der Waals surface area contributed by atoms with E-state index < -0.39 is 10.2 Å². The van der Waals surface area contributed by atoms with Crippen LogP contribution in [0, 0.1) is 10.2 Å². The van der Waals surface area contributed by atoms with Crippen LogP contribution in [0.25, 0.3) is 22.5 Å². The van der Waals surface area contributed by atoms with Crippen LogP contribution in [0.15, 0.2) is 60.7 Å². The zero-order valence-electron chi connectivity index (χ0n) is 14.6. The summed E-state index contributed by atoms with van der Waals surface area (Å²) < 4.78 is 44.0. The third-order valence-electron chi connectivity index (χ3n) is 3.83. The Bertz CT molecular complexity index is 777. The zero-order chi connectivity index (χ0) is 19.3. The van der Waals surface area contributed by atoms with Gasteiger partial charge in [0.25, 0.3) is 5.69 Å². The lowest BCUT2D eigenvalue weighted by Gasteiger charge is -2.17. The van der Waals surface area contributed by atoms with Crippen molar-refractivity contribution >= 4 is 0 Å². The molecule has 0 aliphatic rings. The van der Waals surface area contributed by atoms with E-state index in [0.717, 1.165) is 28.3 Å². The number of hydrogen-bond donors (Lipinski definition) is 0. The van der Waals surface area contributed by atoms with Crippen LogP contribution in [-0.4, -0.2) is 11.8 Å². The van der Waals surface area contributed by atoms with Crippen molar-refractivity contribution in [1.82, 2.24) is 4.68 Å². The molecule has 1 aromatic heterocycles. The smallest absolute Gasteiger partial charge is 0.280 e. The quantitative estimate of drug-likeness (QED) is 0.512. The second-order valence-corrected chi connectivity index (χ2v) is 6.14. The average Bonchev–Trinajstić information content (AvgIpc) is 2.86. The number of benzene rings is 2. The third-order valence-corrected chi connectivity index (χ3v) is 3.83. The minimum atomic E-state index is -4.94. The molecule has 8 heteroatoms. The van der Waals surface area contributed by atoms with Gasteiger partial charge in [-0.2, -0.15) is 4.68 Å². The molecule has 2 aromatic carbocycles. The molecule has 0 unspecified atom stereocenters. The summed E-state index contributed by atoms with van der Waals surface area (Å²) >= 11 is 0. The van der Waals surface area contributed by atoms with E-state index in [0.29, 0.717) is 0 Å². The molecule has 0 saturated carbocycles. The highest BCUT2D eigenvalue weighted by molar-refractivity contribution is 5.76. The Balaban J connectivity index is 0.000000431. The van der Waals surface area contributed by atoms with Gasteiger partial charge < -0.3 is 4.74 Å². The summed E-state index contributed by atoms with van der Waals surface area (Å²) in [6, 6.07) is 20.6. The molecular weight excluding hydrogens is 360 g/mol. The van der Waals surface area contributed by atoms with Crippen LogP contribution in [0.2, 0.25) is 0 Å². The molecular formula is C18H19ClN2O5. The molecule has 138 valence electrons. The molecule has 0 atom stereocenters. The second kappa shape index (κ2) is 8.31. The van der Waals surface area contributed by atoms with Crippen molar-refractivity contribution in [2.75, 3.05) is 7.11 Å². The van der Waals surface area contributed by atoms with E-state index in [1.54, 1.807) is 7.11 Å². The maximum Gasteiger partial charge on any atom is 0.280 e. The molecule has 0 saturated heterocycles. The number of rotatable bonds is 3. The van der Waals surface area contributed by atoms with Crippen LogP contribution < -0.4 is 28.1 Å². The molecule has 0 bridgehead atoms. The summed E-state index contributed by atoms with van der Waals surface area (Å²) in [6.07, 6.45) is 0. The van der Waals surface area contributed by atoms with Gasteiger partial charge in [-0.3, -0.25) is 0 Å². The van der Waals surface area contributed by atoms with Crippen LogP contribution >= 0.6 is 0 Å². The maximum absolute atomic E-state index is 8.49. The van der Waals surface area contributed by atoms with Gasteiger partial charge in [0.1, 0.15) is 0 Å². The number of halogens is 1. The first kappa shape index (κ1) is 19.9. The fourth-order valence-electron chi connectivity index (χ4n) is 2.73. The number of methoxy groups -OCH3 is 1. The van der Waals surface area contributed by atoms with Crippen LogP contribution in [-0.2, 0) is 14.1 Å². The van der Waals surface area contributed by atoms with Gasteiger partial charge >= 0.3 is 0 Å². The second-order valence-electron chi connectivity index (χ2n) is 5.39. The Kier molecular flexibility index (Phi) is 6.36. The van der Waals surface area contributed by atoms with Crippen molar-refractivity contribution in [2.45, 2.75) is 0 Å². The van der Waals surface area contributed by atoms with Crippen molar-refractivity contribution in [3.63, 3.8) is 0 Å². The molecule has 7 nitrogen and oxygen atoms in total. The van der Waals surface area contributed by atoms with E-state index in [2.05, 4.69) is 47.7 Å². The number of aromatic nitrogens is 2. The van der Waals surface area contributed by atoms with Gasteiger partial charge in [0.05, 0.1) is 19.7 Å². The molecule has 0 fully saturated rings. The van der Waals surface area contributed by atoms with Crippen LogP contribution in [0.4, 0.5) is 0 Å². The van der Waals surface area contributed by atoms with Gasteiger partial charge in [-0.05, 0) is 12.1 Å².